The number of pyridine rings is 1. The number of nitrogens with zero attached hydrogens (tertiary/aromatic N) is 11. The lowest BCUT2D eigenvalue weighted by molar-refractivity contribution is 0.0312. The number of aryl methyl sites for hydroxylation is 1. The Morgan fingerprint density at radius 3 is 1.46 bits per heavy atom. The van der Waals surface area contributed by atoms with Gasteiger partial charge >= 0.3 is 0 Å². The van der Waals surface area contributed by atoms with Crippen molar-refractivity contribution >= 4 is 96.0 Å². The number of carbonyl (C=O) groups excluding carboxylic acids is 4. The number of amides is 4. The lowest BCUT2D eigenvalue weighted by atomic mass is 10.1. The van der Waals surface area contributed by atoms with Crippen molar-refractivity contribution in [1.29, 1.82) is 0 Å². The van der Waals surface area contributed by atoms with Crippen molar-refractivity contribution in [3.63, 3.8) is 0 Å². The number of para-hydroxylation sites is 6. The number of fused-ring (bicyclic) bond motifs is 5. The second kappa shape index (κ2) is 30.7. The zero-order valence-corrected chi connectivity index (χ0v) is 58.0. The molecular formula is C77H60F4N24O6. The standard InChI is InChI=1S/C21H22N6O3.C21H16N6O.C18H13N7O.C17H9F4N5O/c1-13-15(10-14(30-13)12-27-6-8-29-9-7-27)21(28)25-18-11-22-26-19(18)20-23-16-4-2-3-5-17(16)24-20;28-21(17-10-14(11-22-17)13-6-2-1-3-7-13)26-18-12-23-27-19(18)20-24-15-8-4-5-9-16(15)25-20;26-18(11-9-20-25-8-4-3-7-15(11)25)23-14-10-19-24-16(14)17-21-12-5-1-2-6-13(12)22-17;18-7-2-1-3-8(19)14(7)17(27)25-13-6-22-26-15(13)16-23-11-4-9(20)10(21)5-12(11)24-16/h2-5,10-11H,6-9,12H2,1H3,(H,22,26)(H,23,24)(H,25,28);1-12,22H,(H,23,27)(H,24,25)(H,26,28);1-10H,(H,19,24)(H,21,22)(H,23,26);1-6H,(H,22,26)(H,23,24)(H,25,27). The van der Waals surface area contributed by atoms with Crippen molar-refractivity contribution in [2.75, 3.05) is 47.6 Å². The van der Waals surface area contributed by atoms with Gasteiger partial charge in [0.05, 0.1) is 134 Å². The maximum atomic E-state index is 13.8. The molecular weight excluding hydrogens is 1430 g/mol. The third-order valence-electron chi connectivity index (χ3n) is 17.8. The van der Waals surface area contributed by atoms with Gasteiger partial charge < -0.3 is 55.3 Å². The van der Waals surface area contributed by atoms with Crippen LogP contribution < -0.4 is 21.3 Å². The highest BCUT2D eigenvalue weighted by Gasteiger charge is 2.25. The Morgan fingerprint density at radius 1 is 0.450 bits per heavy atom. The fraction of sp³-hybridized carbons (Fsp3) is 0.0779. The summed E-state index contributed by atoms with van der Waals surface area (Å²) in [4.78, 5) is 86.1. The molecule has 19 rings (SSSR count). The minimum atomic E-state index is -1.06. The van der Waals surface area contributed by atoms with Gasteiger partial charge in [-0.2, -0.15) is 25.5 Å². The van der Waals surface area contributed by atoms with Gasteiger partial charge in [0.2, 0.25) is 0 Å². The van der Waals surface area contributed by atoms with Gasteiger partial charge in [-0.15, -0.1) is 0 Å². The van der Waals surface area contributed by atoms with Crippen LogP contribution in [0.1, 0.15) is 53.1 Å². The third-order valence-corrected chi connectivity index (χ3v) is 17.8. The van der Waals surface area contributed by atoms with E-state index in [2.05, 4.69) is 117 Å². The van der Waals surface area contributed by atoms with E-state index in [0.717, 1.165) is 112 Å². The summed E-state index contributed by atoms with van der Waals surface area (Å²) in [5.74, 6) is -2.62. The van der Waals surface area contributed by atoms with E-state index in [9.17, 15) is 36.7 Å². The molecule has 12 aromatic heterocycles. The van der Waals surface area contributed by atoms with Crippen LogP contribution in [0.15, 0.2) is 212 Å². The molecule has 552 valence electrons. The average molecular weight is 1490 g/mol. The fourth-order valence-electron chi connectivity index (χ4n) is 12.3. The van der Waals surface area contributed by atoms with Gasteiger partial charge in [0.1, 0.15) is 57.2 Å². The fourth-order valence-corrected chi connectivity index (χ4v) is 12.3. The number of aromatic amines is 9. The number of rotatable bonds is 15. The first-order valence-electron chi connectivity index (χ1n) is 34.3. The zero-order chi connectivity index (χ0) is 76.1. The van der Waals surface area contributed by atoms with Gasteiger partial charge in [0.25, 0.3) is 23.6 Å². The molecule has 0 saturated carbocycles. The normalized spacial score (nSPS) is 12.2. The summed E-state index contributed by atoms with van der Waals surface area (Å²) in [7, 11) is 0. The van der Waals surface area contributed by atoms with E-state index in [4.69, 9.17) is 9.15 Å². The highest BCUT2D eigenvalue weighted by Crippen LogP contribution is 2.32. The molecule has 18 aromatic rings. The summed E-state index contributed by atoms with van der Waals surface area (Å²) >= 11 is 0. The van der Waals surface area contributed by atoms with E-state index < -0.39 is 34.7 Å². The molecule has 0 bridgehead atoms. The predicted octanol–water partition coefficient (Wildman–Crippen LogP) is 13.8. The number of anilines is 4. The summed E-state index contributed by atoms with van der Waals surface area (Å²) in [6, 6.07) is 47.2. The minimum Gasteiger partial charge on any atom is -0.464 e. The maximum Gasteiger partial charge on any atom is 0.272 e. The summed E-state index contributed by atoms with van der Waals surface area (Å²) in [6.07, 6.45) is 11.1. The van der Waals surface area contributed by atoms with Crippen molar-refractivity contribution in [3.8, 4) is 57.2 Å². The van der Waals surface area contributed by atoms with Gasteiger partial charge in [-0.1, -0.05) is 78.9 Å². The highest BCUT2D eigenvalue weighted by atomic mass is 19.2. The van der Waals surface area contributed by atoms with Crippen LogP contribution >= 0.6 is 0 Å². The Morgan fingerprint density at radius 2 is 0.919 bits per heavy atom. The van der Waals surface area contributed by atoms with Crippen LogP contribution in [0.4, 0.5) is 40.3 Å². The second-order valence-electron chi connectivity index (χ2n) is 25.1. The Hall–Kier alpha value is -15.2. The summed E-state index contributed by atoms with van der Waals surface area (Å²) < 4.78 is 67.1. The Labute approximate surface area is 621 Å². The summed E-state index contributed by atoms with van der Waals surface area (Å²) in [5, 5.41) is 42.4. The first kappa shape index (κ1) is 70.1. The quantitative estimate of drug-likeness (QED) is 0.0424. The number of H-pyrrole nitrogens is 9. The molecule has 1 saturated heterocycles. The summed E-state index contributed by atoms with van der Waals surface area (Å²) in [6.45, 7) is 5.62. The molecule has 6 aromatic carbocycles. The molecule has 13 heterocycles. The first-order chi connectivity index (χ1) is 54.2. The predicted molar refractivity (Wildman–Crippen MR) is 404 cm³/mol. The van der Waals surface area contributed by atoms with E-state index in [-0.39, 0.29) is 46.0 Å². The van der Waals surface area contributed by atoms with Crippen LogP contribution in [-0.4, -0.2) is 150 Å². The maximum absolute atomic E-state index is 13.8. The van der Waals surface area contributed by atoms with Crippen molar-refractivity contribution in [2.45, 2.75) is 13.5 Å². The van der Waals surface area contributed by atoms with Crippen molar-refractivity contribution in [1.82, 2.24) is 100 Å². The molecule has 0 radical (unpaired) electrons. The topological polar surface area (TPSA) is 405 Å². The highest BCUT2D eigenvalue weighted by molar-refractivity contribution is 6.11. The Bertz CT molecular complexity index is 6270. The number of hydrogen-bond donors (Lipinski definition) is 13. The number of aromatic nitrogens is 19. The smallest absolute Gasteiger partial charge is 0.272 e. The monoisotopic (exact) mass is 1490 g/mol. The van der Waals surface area contributed by atoms with Crippen LogP contribution in [0.25, 0.3) is 107 Å². The molecule has 1 aliphatic rings. The molecule has 111 heavy (non-hydrogen) atoms. The molecule has 0 unspecified atom stereocenters. The molecule has 0 aliphatic carbocycles. The molecule has 34 heteroatoms. The van der Waals surface area contributed by atoms with Crippen molar-refractivity contribution < 1.29 is 45.9 Å². The number of hydrogen-bond acceptors (Lipinski definition) is 16. The Kier molecular flexibility index (Phi) is 19.4. The minimum absolute atomic E-state index is 0.0719. The van der Waals surface area contributed by atoms with Gasteiger partial charge in [0, 0.05) is 37.6 Å². The van der Waals surface area contributed by atoms with Gasteiger partial charge in [0.15, 0.2) is 34.9 Å². The molecule has 30 nitrogen and oxygen atoms in total. The summed E-state index contributed by atoms with van der Waals surface area (Å²) in [5.41, 5.74) is 12.8. The number of carbonyl (C=O) groups is 4. The van der Waals surface area contributed by atoms with E-state index in [0.29, 0.717) is 80.7 Å². The number of ether oxygens (including phenoxy) is 1. The molecule has 0 atom stereocenters. The van der Waals surface area contributed by atoms with Crippen LogP contribution in [0.5, 0.6) is 0 Å². The van der Waals surface area contributed by atoms with Crippen LogP contribution in [-0.2, 0) is 11.3 Å². The lowest BCUT2D eigenvalue weighted by Crippen LogP contribution is -2.35. The van der Waals surface area contributed by atoms with E-state index in [1.807, 2.05) is 134 Å². The van der Waals surface area contributed by atoms with Crippen LogP contribution in [0, 0.1) is 30.2 Å². The largest absolute Gasteiger partial charge is 0.464 e. The van der Waals surface area contributed by atoms with Crippen molar-refractivity contribution in [3.05, 3.63) is 264 Å². The average Bonchev–Trinajstić information content (AvgIpc) is 1.65. The molecule has 1 fully saturated rings. The zero-order valence-electron chi connectivity index (χ0n) is 58.0. The molecule has 4 amide bonds. The SMILES string of the molecule is Cc1oc(CN2CCOCC2)cc1C(=O)Nc1cn[nH]c1-c1nc2ccccc2[nH]1.O=C(Nc1cn[nH]c1-c1nc2cc(F)c(F)cc2[nH]1)c1c(F)cccc1F.O=C(Nc1cn[nH]c1-c1nc2ccccc2[nH]1)c1cc(-c2ccccc2)c[nH]1.O=C(Nc1cn[nH]c1-c1nc2ccccc2[nH]1)c1cnn2ccccc12. The number of halogens is 4. The van der Waals surface area contributed by atoms with Crippen molar-refractivity contribution in [2.24, 2.45) is 0 Å². The van der Waals surface area contributed by atoms with Gasteiger partial charge in [-0.25, -0.2) is 42.0 Å². The van der Waals surface area contributed by atoms with Gasteiger partial charge in [-0.05, 0) is 90.8 Å². The first-order valence-corrected chi connectivity index (χ1v) is 34.3. The number of benzene rings is 6. The van der Waals surface area contributed by atoms with Gasteiger partial charge in [-0.3, -0.25) is 44.5 Å². The molecule has 1 aliphatic heterocycles. The van der Waals surface area contributed by atoms with E-state index >= 15 is 0 Å². The third kappa shape index (κ3) is 15.1. The second-order valence-corrected chi connectivity index (χ2v) is 25.1. The number of imidazole rings is 4. The molecule has 0 spiro atoms. The van der Waals surface area contributed by atoms with Crippen LogP contribution in [0.3, 0.4) is 0 Å². The van der Waals surface area contributed by atoms with E-state index in [1.165, 1.54) is 6.20 Å². The lowest BCUT2D eigenvalue weighted by Gasteiger charge is -2.25. The Balaban J connectivity index is 0.000000112. The number of furan rings is 1. The van der Waals surface area contributed by atoms with Crippen LogP contribution in [0.2, 0.25) is 0 Å². The molecule has 13 N–H and O–H groups in total. The van der Waals surface area contributed by atoms with E-state index in [1.54, 1.807) is 48.5 Å². The number of morpholine rings is 1. The number of nitrogens with one attached hydrogen (secondary N) is 13.